The largest absolute Gasteiger partial charge is 0.494 e. The Kier molecular flexibility index (Phi) is 5.58. The van der Waals surface area contributed by atoms with Gasteiger partial charge in [-0.2, -0.15) is 0 Å². The lowest BCUT2D eigenvalue weighted by Gasteiger charge is -2.35. The molecule has 0 bridgehead atoms. The van der Waals surface area contributed by atoms with E-state index in [0.717, 1.165) is 32.0 Å². The maximum Gasteiger partial charge on any atom is 0.250 e. The van der Waals surface area contributed by atoms with Crippen LogP contribution in [0.3, 0.4) is 0 Å². The Balaban J connectivity index is 1.63. The molecule has 0 atom stereocenters. The Morgan fingerprint density at radius 2 is 2.00 bits per heavy atom. The molecule has 2 aromatic rings. The molecular formula is C18H20ClFN4O2. The first-order valence-corrected chi connectivity index (χ1v) is 8.61. The molecule has 1 aromatic heterocycles. The van der Waals surface area contributed by atoms with Crippen molar-refractivity contribution in [2.75, 3.05) is 38.2 Å². The monoisotopic (exact) mass is 378 g/mol. The number of amides is 1. The minimum atomic E-state index is -0.494. The number of nitrogens with two attached hydrogens (primary N) is 1. The Morgan fingerprint density at radius 1 is 1.27 bits per heavy atom. The van der Waals surface area contributed by atoms with Gasteiger partial charge in [0.15, 0.2) is 11.6 Å². The number of hydrogen-bond acceptors (Lipinski definition) is 5. The molecular weight excluding hydrogens is 359 g/mol. The smallest absolute Gasteiger partial charge is 0.250 e. The van der Waals surface area contributed by atoms with Gasteiger partial charge in [-0.3, -0.25) is 9.69 Å². The van der Waals surface area contributed by atoms with Crippen LogP contribution in [-0.4, -0.2) is 49.1 Å². The average molecular weight is 379 g/mol. The number of ether oxygens (including phenoxy) is 1. The molecule has 1 aliphatic heterocycles. The molecule has 26 heavy (non-hydrogen) atoms. The summed E-state index contributed by atoms with van der Waals surface area (Å²) < 4.78 is 19.5. The highest BCUT2D eigenvalue weighted by Crippen LogP contribution is 2.28. The highest BCUT2D eigenvalue weighted by molar-refractivity contribution is 6.31. The van der Waals surface area contributed by atoms with E-state index in [2.05, 4.69) is 14.8 Å². The van der Waals surface area contributed by atoms with Crippen LogP contribution in [0.5, 0.6) is 5.75 Å². The molecule has 6 nitrogen and oxygen atoms in total. The zero-order valence-corrected chi connectivity index (χ0v) is 15.2. The van der Waals surface area contributed by atoms with Crippen LogP contribution in [0.4, 0.5) is 10.2 Å². The number of carbonyl (C=O) groups excluding carboxylic acids is 1. The van der Waals surface area contributed by atoms with Crippen molar-refractivity contribution >= 4 is 23.3 Å². The number of pyridine rings is 1. The third kappa shape index (κ3) is 3.89. The van der Waals surface area contributed by atoms with E-state index in [1.807, 2.05) is 0 Å². The number of anilines is 1. The fourth-order valence-corrected chi connectivity index (χ4v) is 3.16. The molecule has 8 heteroatoms. The second-order valence-electron chi connectivity index (χ2n) is 6.07. The summed E-state index contributed by atoms with van der Waals surface area (Å²) in [5, 5.41) is 0.398. The van der Waals surface area contributed by atoms with Crippen LogP contribution in [0.25, 0.3) is 0 Å². The Labute approximate surface area is 156 Å². The van der Waals surface area contributed by atoms with Crippen molar-refractivity contribution in [3.63, 3.8) is 0 Å². The number of carbonyl (C=O) groups is 1. The molecule has 1 fully saturated rings. The number of rotatable bonds is 5. The van der Waals surface area contributed by atoms with Gasteiger partial charge in [-0.15, -0.1) is 0 Å². The van der Waals surface area contributed by atoms with Crippen LogP contribution in [-0.2, 0) is 6.54 Å². The number of hydrogen-bond donors (Lipinski definition) is 1. The average Bonchev–Trinajstić information content (AvgIpc) is 2.66. The first-order chi connectivity index (χ1) is 12.5. The Hall–Kier alpha value is -2.38. The number of primary amides is 1. The molecule has 0 spiro atoms. The minimum absolute atomic E-state index is 0.196. The summed E-state index contributed by atoms with van der Waals surface area (Å²) in [4.78, 5) is 19.7. The van der Waals surface area contributed by atoms with E-state index in [-0.39, 0.29) is 5.75 Å². The summed E-state index contributed by atoms with van der Waals surface area (Å²) in [6.07, 6.45) is 1.48. The summed E-state index contributed by atoms with van der Waals surface area (Å²) in [7, 11) is 1.44. The number of piperazine rings is 1. The minimum Gasteiger partial charge on any atom is -0.494 e. The zero-order valence-electron chi connectivity index (χ0n) is 14.4. The highest BCUT2D eigenvalue weighted by Gasteiger charge is 2.21. The predicted molar refractivity (Wildman–Crippen MR) is 98.2 cm³/mol. The van der Waals surface area contributed by atoms with Crippen molar-refractivity contribution in [2.45, 2.75) is 6.54 Å². The first kappa shape index (κ1) is 18.4. The Bertz CT molecular complexity index is 793. The van der Waals surface area contributed by atoms with Crippen LogP contribution in [0, 0.1) is 5.82 Å². The van der Waals surface area contributed by atoms with Gasteiger partial charge >= 0.3 is 0 Å². The van der Waals surface area contributed by atoms with E-state index < -0.39 is 11.7 Å². The molecule has 2 N–H and O–H groups in total. The van der Waals surface area contributed by atoms with E-state index in [0.29, 0.717) is 22.7 Å². The van der Waals surface area contributed by atoms with Crippen molar-refractivity contribution in [1.29, 1.82) is 0 Å². The van der Waals surface area contributed by atoms with E-state index in [9.17, 15) is 9.18 Å². The molecule has 0 aliphatic carbocycles. The molecule has 1 amide bonds. The fraction of sp³-hybridized carbons (Fsp3) is 0.333. The van der Waals surface area contributed by atoms with Gasteiger partial charge in [0.1, 0.15) is 5.82 Å². The van der Waals surface area contributed by atoms with Crippen molar-refractivity contribution in [3.05, 3.63) is 52.4 Å². The zero-order chi connectivity index (χ0) is 18.7. The summed E-state index contributed by atoms with van der Waals surface area (Å²) >= 11 is 6.16. The normalized spacial score (nSPS) is 15.1. The van der Waals surface area contributed by atoms with Crippen molar-refractivity contribution < 1.29 is 13.9 Å². The van der Waals surface area contributed by atoms with Gasteiger partial charge in [0.25, 0.3) is 0 Å². The maximum atomic E-state index is 14.4. The second-order valence-corrected chi connectivity index (χ2v) is 6.48. The maximum absolute atomic E-state index is 14.4. The number of nitrogens with zero attached hydrogens (tertiary/aromatic N) is 3. The van der Waals surface area contributed by atoms with E-state index in [1.165, 1.54) is 19.4 Å². The number of benzene rings is 1. The van der Waals surface area contributed by atoms with Crippen LogP contribution in [0.15, 0.2) is 30.5 Å². The topological polar surface area (TPSA) is 71.7 Å². The predicted octanol–water partition coefficient (Wildman–Crippen LogP) is 2.30. The highest BCUT2D eigenvalue weighted by atomic mass is 35.5. The summed E-state index contributed by atoms with van der Waals surface area (Å²) in [6, 6.07) is 6.64. The standard InChI is InChI=1S/C18H20ClFN4O2/c1-26-15-4-3-14(19)13(17(15)20)11-23-6-8-24(9-7-23)16-5-2-12(10-22-16)18(21)25/h2-5,10H,6-9,11H2,1H3,(H2,21,25). The van der Waals surface area contributed by atoms with Gasteiger partial charge < -0.3 is 15.4 Å². The van der Waals surface area contributed by atoms with E-state index in [4.69, 9.17) is 22.1 Å². The lowest BCUT2D eigenvalue weighted by atomic mass is 10.1. The third-order valence-electron chi connectivity index (χ3n) is 4.48. The summed E-state index contributed by atoms with van der Waals surface area (Å²) in [6.45, 7) is 3.39. The summed E-state index contributed by atoms with van der Waals surface area (Å²) in [5.74, 6) is 0.0826. The molecule has 3 rings (SSSR count). The quantitative estimate of drug-likeness (QED) is 0.864. The molecule has 138 valence electrons. The van der Waals surface area contributed by atoms with Crippen LogP contribution < -0.4 is 15.4 Å². The number of methoxy groups -OCH3 is 1. The van der Waals surface area contributed by atoms with Gasteiger partial charge in [0, 0.05) is 49.5 Å². The van der Waals surface area contributed by atoms with Gasteiger partial charge in [0.05, 0.1) is 12.7 Å². The van der Waals surface area contributed by atoms with Crippen molar-refractivity contribution in [3.8, 4) is 5.75 Å². The first-order valence-electron chi connectivity index (χ1n) is 8.23. The summed E-state index contributed by atoms with van der Waals surface area (Å²) in [5.41, 5.74) is 6.06. The molecule has 1 aliphatic rings. The molecule has 1 saturated heterocycles. The van der Waals surface area contributed by atoms with E-state index >= 15 is 0 Å². The SMILES string of the molecule is COc1ccc(Cl)c(CN2CCN(c3ccc(C(N)=O)cn3)CC2)c1F. The van der Waals surface area contributed by atoms with Gasteiger partial charge in [-0.1, -0.05) is 11.6 Å². The number of aromatic nitrogens is 1. The molecule has 1 aromatic carbocycles. The van der Waals surface area contributed by atoms with E-state index in [1.54, 1.807) is 18.2 Å². The second kappa shape index (κ2) is 7.88. The molecule has 0 radical (unpaired) electrons. The molecule has 2 heterocycles. The van der Waals surface area contributed by atoms with Crippen molar-refractivity contribution in [2.24, 2.45) is 5.73 Å². The van der Waals surface area contributed by atoms with Crippen LogP contribution in [0.1, 0.15) is 15.9 Å². The Morgan fingerprint density at radius 3 is 2.58 bits per heavy atom. The van der Waals surface area contributed by atoms with Crippen molar-refractivity contribution in [1.82, 2.24) is 9.88 Å². The number of halogens is 2. The lowest BCUT2D eigenvalue weighted by Crippen LogP contribution is -2.46. The fourth-order valence-electron chi connectivity index (χ4n) is 2.96. The molecule has 0 unspecified atom stereocenters. The van der Waals surface area contributed by atoms with Crippen LogP contribution in [0.2, 0.25) is 5.02 Å². The molecule has 0 saturated carbocycles. The van der Waals surface area contributed by atoms with Crippen LogP contribution >= 0.6 is 11.6 Å². The van der Waals surface area contributed by atoms with Gasteiger partial charge in [-0.25, -0.2) is 9.37 Å². The van der Waals surface area contributed by atoms with Gasteiger partial charge in [-0.05, 0) is 24.3 Å². The van der Waals surface area contributed by atoms with Gasteiger partial charge in [0.2, 0.25) is 5.91 Å². The lowest BCUT2D eigenvalue weighted by molar-refractivity contribution is 0.1000. The third-order valence-corrected chi connectivity index (χ3v) is 4.84.